The predicted molar refractivity (Wildman–Crippen MR) is 67.9 cm³/mol. The molecule has 1 rings (SSSR count). The van der Waals surface area contributed by atoms with Gasteiger partial charge < -0.3 is 11.5 Å². The fourth-order valence-electron chi connectivity index (χ4n) is 1.84. The third-order valence-corrected chi connectivity index (χ3v) is 4.81. The van der Waals surface area contributed by atoms with E-state index in [1.807, 2.05) is 6.26 Å². The van der Waals surface area contributed by atoms with Crippen LogP contribution in [-0.2, 0) is 4.79 Å². The van der Waals surface area contributed by atoms with E-state index in [1.165, 1.54) is 0 Å². The average Bonchev–Trinajstić information content (AvgIpc) is 2.18. The van der Waals surface area contributed by atoms with E-state index in [1.54, 1.807) is 11.8 Å². The van der Waals surface area contributed by atoms with Gasteiger partial charge in [0.1, 0.15) is 0 Å². The molecule has 1 aliphatic heterocycles. The zero-order valence-corrected chi connectivity index (χ0v) is 10.5. The maximum atomic E-state index is 10.8. The number of primary amides is 1. The van der Waals surface area contributed by atoms with Crippen molar-refractivity contribution < 1.29 is 4.79 Å². The number of thioether (sulfide) groups is 1. The summed E-state index contributed by atoms with van der Waals surface area (Å²) < 4.78 is -0.0799. The van der Waals surface area contributed by atoms with Crippen LogP contribution in [0.25, 0.3) is 0 Å². The zero-order valence-electron chi connectivity index (χ0n) is 8.86. The van der Waals surface area contributed by atoms with Crippen LogP contribution in [0.2, 0.25) is 0 Å². The molecule has 0 atom stereocenters. The van der Waals surface area contributed by atoms with Crippen LogP contribution in [0.4, 0.5) is 0 Å². The normalized spacial score (nSPS) is 21.1. The van der Waals surface area contributed by atoms with Crippen LogP contribution in [-0.4, -0.2) is 46.4 Å². The first-order valence-electron chi connectivity index (χ1n) is 4.86. The lowest BCUT2D eigenvalue weighted by Gasteiger charge is -2.39. The summed E-state index contributed by atoms with van der Waals surface area (Å²) in [6, 6.07) is 0. The number of hydrogen-bond donors (Lipinski definition) is 2. The second kappa shape index (κ2) is 5.14. The first kappa shape index (κ1) is 12.7. The topological polar surface area (TPSA) is 72.3 Å². The number of amides is 1. The Morgan fingerprint density at radius 2 is 2.00 bits per heavy atom. The minimum atomic E-state index is -0.276. The quantitative estimate of drug-likeness (QED) is 0.682. The predicted octanol–water partition coefficient (Wildman–Crippen LogP) is -0.0446. The summed E-state index contributed by atoms with van der Waals surface area (Å²) in [5, 5.41) is 0. The van der Waals surface area contributed by atoms with Crippen molar-refractivity contribution in [1.29, 1.82) is 0 Å². The van der Waals surface area contributed by atoms with Gasteiger partial charge in [-0.05, 0) is 19.1 Å². The average molecular weight is 247 g/mol. The summed E-state index contributed by atoms with van der Waals surface area (Å²) in [4.78, 5) is 13.4. The first-order chi connectivity index (χ1) is 7.00. The Hall–Kier alpha value is -0.330. The molecule has 6 heteroatoms. The van der Waals surface area contributed by atoms with Crippen molar-refractivity contribution in [1.82, 2.24) is 4.90 Å². The molecule has 1 aliphatic rings. The van der Waals surface area contributed by atoms with Crippen molar-refractivity contribution in [2.24, 2.45) is 11.5 Å². The van der Waals surface area contributed by atoms with Gasteiger partial charge in [-0.2, -0.15) is 11.8 Å². The Bertz CT molecular complexity index is 262. The van der Waals surface area contributed by atoms with Crippen molar-refractivity contribution in [3.05, 3.63) is 0 Å². The molecule has 1 amide bonds. The summed E-state index contributed by atoms with van der Waals surface area (Å²) >= 11 is 6.81. The molecule has 0 aliphatic carbocycles. The highest BCUT2D eigenvalue weighted by molar-refractivity contribution is 8.01. The molecule has 0 aromatic rings. The summed E-state index contributed by atoms with van der Waals surface area (Å²) in [5.41, 5.74) is 10.9. The molecule has 0 aromatic carbocycles. The fraction of sp³-hybridized carbons (Fsp3) is 0.778. The largest absolute Gasteiger partial charge is 0.392 e. The lowest BCUT2D eigenvalue weighted by atomic mass is 9.95. The van der Waals surface area contributed by atoms with Crippen molar-refractivity contribution in [2.75, 3.05) is 25.9 Å². The molecule has 1 saturated heterocycles. The van der Waals surface area contributed by atoms with E-state index in [-0.39, 0.29) is 10.7 Å². The first-order valence-corrected chi connectivity index (χ1v) is 6.49. The smallest absolute Gasteiger partial charge is 0.231 e. The van der Waals surface area contributed by atoms with Crippen molar-refractivity contribution in [2.45, 2.75) is 17.6 Å². The summed E-state index contributed by atoms with van der Waals surface area (Å²) in [6.07, 6.45) is 3.83. The number of hydrogen-bond acceptors (Lipinski definition) is 4. The minimum absolute atomic E-state index is 0.0799. The number of carbonyl (C=O) groups is 1. The van der Waals surface area contributed by atoms with Gasteiger partial charge >= 0.3 is 0 Å². The lowest BCUT2D eigenvalue weighted by molar-refractivity contribution is -0.119. The molecule has 0 unspecified atom stereocenters. The number of piperidine rings is 1. The van der Waals surface area contributed by atoms with Crippen molar-refractivity contribution in [3.8, 4) is 0 Å². The molecular weight excluding hydrogens is 230 g/mol. The van der Waals surface area contributed by atoms with Gasteiger partial charge in [0.2, 0.25) is 5.91 Å². The monoisotopic (exact) mass is 247 g/mol. The molecule has 15 heavy (non-hydrogen) atoms. The third kappa shape index (κ3) is 3.06. The van der Waals surface area contributed by atoms with Crippen LogP contribution in [0.15, 0.2) is 0 Å². The molecule has 0 aromatic heterocycles. The van der Waals surface area contributed by atoms with Crippen molar-refractivity contribution in [3.63, 3.8) is 0 Å². The standard InChI is InChI=1S/C9H17N3OS2/c1-15-9(8(11)14)2-4-12(5-3-9)6-7(10)13/h2-6H2,1H3,(H2,10,13)(H2,11,14). The number of rotatable bonds is 4. The second-order valence-corrected chi connectivity index (χ2v) is 5.43. The number of nitrogens with zero attached hydrogens (tertiary/aromatic N) is 1. The molecule has 86 valence electrons. The van der Waals surface area contributed by atoms with Gasteiger partial charge in [0.25, 0.3) is 0 Å². The maximum absolute atomic E-state index is 10.8. The SMILES string of the molecule is CSC1(C(N)=S)CCN(CC(N)=O)CC1. The van der Waals surface area contributed by atoms with E-state index >= 15 is 0 Å². The Kier molecular flexibility index (Phi) is 4.36. The lowest BCUT2D eigenvalue weighted by Crippen LogP contribution is -2.50. The number of likely N-dealkylation sites (tertiary alicyclic amines) is 1. The van der Waals surface area contributed by atoms with E-state index < -0.39 is 0 Å². The highest BCUT2D eigenvalue weighted by Gasteiger charge is 2.36. The summed E-state index contributed by atoms with van der Waals surface area (Å²) in [5.74, 6) is -0.276. The second-order valence-electron chi connectivity index (χ2n) is 3.81. The Morgan fingerprint density at radius 1 is 1.47 bits per heavy atom. The van der Waals surface area contributed by atoms with Gasteiger partial charge in [-0.15, -0.1) is 0 Å². The Balaban J connectivity index is 2.53. The van der Waals surface area contributed by atoms with Crippen LogP contribution in [0.3, 0.4) is 0 Å². The third-order valence-electron chi connectivity index (χ3n) is 2.88. The molecule has 0 spiro atoms. The van der Waals surface area contributed by atoms with Crippen LogP contribution in [0.5, 0.6) is 0 Å². The molecule has 4 nitrogen and oxygen atoms in total. The molecular formula is C9H17N3OS2. The van der Waals surface area contributed by atoms with E-state index in [9.17, 15) is 4.79 Å². The van der Waals surface area contributed by atoms with Crippen molar-refractivity contribution >= 4 is 34.9 Å². The zero-order chi connectivity index (χ0) is 11.5. The van der Waals surface area contributed by atoms with Gasteiger partial charge in [0.05, 0.1) is 16.3 Å². The van der Waals surface area contributed by atoms with E-state index in [0.29, 0.717) is 11.5 Å². The minimum Gasteiger partial charge on any atom is -0.392 e. The van der Waals surface area contributed by atoms with Gasteiger partial charge in [-0.25, -0.2) is 0 Å². The molecule has 0 radical (unpaired) electrons. The highest BCUT2D eigenvalue weighted by Crippen LogP contribution is 2.34. The van der Waals surface area contributed by atoms with Gasteiger partial charge in [-0.3, -0.25) is 9.69 Å². The Labute approximate surface area is 99.7 Å². The number of thiocarbonyl (C=S) groups is 1. The van der Waals surface area contributed by atoms with E-state index in [4.69, 9.17) is 23.7 Å². The Morgan fingerprint density at radius 3 is 2.33 bits per heavy atom. The molecule has 1 heterocycles. The molecule has 0 saturated carbocycles. The van der Waals surface area contributed by atoms with Crippen LogP contribution in [0, 0.1) is 0 Å². The maximum Gasteiger partial charge on any atom is 0.231 e. The van der Waals surface area contributed by atoms with E-state index in [2.05, 4.69) is 4.90 Å². The van der Waals surface area contributed by atoms with Crippen LogP contribution in [0.1, 0.15) is 12.8 Å². The number of nitrogens with two attached hydrogens (primary N) is 2. The molecule has 0 bridgehead atoms. The molecule has 4 N–H and O–H groups in total. The number of carbonyl (C=O) groups excluding carboxylic acids is 1. The van der Waals surface area contributed by atoms with Gasteiger partial charge in [0, 0.05) is 13.1 Å². The van der Waals surface area contributed by atoms with Crippen LogP contribution < -0.4 is 11.5 Å². The summed E-state index contributed by atoms with van der Waals surface area (Å²) in [7, 11) is 0. The highest BCUT2D eigenvalue weighted by atomic mass is 32.2. The molecule has 1 fully saturated rings. The van der Waals surface area contributed by atoms with Crippen LogP contribution >= 0.6 is 24.0 Å². The summed E-state index contributed by atoms with van der Waals surface area (Å²) in [6.45, 7) is 2.00. The fourth-order valence-corrected chi connectivity index (χ4v) is 3.09. The van der Waals surface area contributed by atoms with Gasteiger partial charge in [0.15, 0.2) is 0 Å². The van der Waals surface area contributed by atoms with Gasteiger partial charge in [-0.1, -0.05) is 12.2 Å². The van der Waals surface area contributed by atoms with E-state index in [0.717, 1.165) is 25.9 Å².